The molecule has 16 heavy (non-hydrogen) atoms. The Balaban J connectivity index is 2.91. The molecular weight excluding hydrogens is 234 g/mol. The number of ether oxygens (including phenoxy) is 1. The molecule has 0 bridgehead atoms. The summed E-state index contributed by atoms with van der Waals surface area (Å²) in [5.41, 5.74) is 3.94. The first-order valence-corrected chi connectivity index (χ1v) is 6.21. The molecule has 1 fully saturated rings. The van der Waals surface area contributed by atoms with Crippen molar-refractivity contribution in [1.29, 1.82) is 0 Å². The molecular formula is C8H17N3O4S. The van der Waals surface area contributed by atoms with Crippen molar-refractivity contribution in [1.82, 2.24) is 8.61 Å². The van der Waals surface area contributed by atoms with Crippen molar-refractivity contribution >= 4 is 16.1 Å². The Kier molecular flexibility index (Phi) is 3.58. The zero-order valence-electron chi connectivity index (χ0n) is 9.63. The largest absolute Gasteiger partial charge is 0.367 e. The van der Waals surface area contributed by atoms with Crippen LogP contribution in [0.3, 0.4) is 0 Å². The number of nitrogens with zero attached hydrogens (tertiary/aromatic N) is 2. The first-order valence-electron chi connectivity index (χ1n) is 4.81. The summed E-state index contributed by atoms with van der Waals surface area (Å²) < 4.78 is 31.2. The van der Waals surface area contributed by atoms with Crippen LogP contribution in [-0.2, 0) is 19.7 Å². The van der Waals surface area contributed by atoms with Gasteiger partial charge in [0.05, 0.1) is 13.2 Å². The van der Waals surface area contributed by atoms with Crippen molar-refractivity contribution in [2.75, 3.05) is 33.8 Å². The first kappa shape index (κ1) is 13.4. The van der Waals surface area contributed by atoms with E-state index in [-0.39, 0.29) is 19.7 Å². The Hall–Kier alpha value is -0.700. The predicted octanol–water partition coefficient (Wildman–Crippen LogP) is -1.63. The Morgan fingerprint density at radius 3 is 2.50 bits per heavy atom. The molecule has 0 aliphatic carbocycles. The van der Waals surface area contributed by atoms with E-state index in [0.29, 0.717) is 0 Å². The van der Waals surface area contributed by atoms with Gasteiger partial charge in [0.15, 0.2) is 5.60 Å². The Morgan fingerprint density at radius 1 is 1.50 bits per heavy atom. The fraction of sp³-hybridized carbons (Fsp3) is 0.875. The molecule has 94 valence electrons. The topological polar surface area (TPSA) is 92.9 Å². The van der Waals surface area contributed by atoms with E-state index in [9.17, 15) is 13.2 Å². The molecule has 1 rings (SSSR count). The molecule has 0 saturated carbocycles. The summed E-state index contributed by atoms with van der Waals surface area (Å²) in [6.45, 7) is 1.82. The maximum Gasteiger partial charge on any atom is 0.281 e. The average molecular weight is 251 g/mol. The molecule has 0 aromatic carbocycles. The van der Waals surface area contributed by atoms with Gasteiger partial charge in [0.2, 0.25) is 0 Å². The fourth-order valence-corrected chi connectivity index (χ4v) is 2.59. The van der Waals surface area contributed by atoms with Gasteiger partial charge in [0.25, 0.3) is 16.1 Å². The highest BCUT2D eigenvalue weighted by molar-refractivity contribution is 7.86. The third-order valence-corrected chi connectivity index (χ3v) is 4.44. The van der Waals surface area contributed by atoms with Gasteiger partial charge in [-0.25, -0.2) is 0 Å². The molecule has 1 amide bonds. The van der Waals surface area contributed by atoms with Gasteiger partial charge >= 0.3 is 0 Å². The molecule has 0 aromatic heterocycles. The van der Waals surface area contributed by atoms with Gasteiger partial charge < -0.3 is 10.5 Å². The van der Waals surface area contributed by atoms with Gasteiger partial charge in [-0.1, -0.05) is 0 Å². The Morgan fingerprint density at radius 2 is 2.06 bits per heavy atom. The van der Waals surface area contributed by atoms with Crippen LogP contribution in [0, 0.1) is 0 Å². The van der Waals surface area contributed by atoms with Gasteiger partial charge in [-0.15, -0.1) is 0 Å². The SMILES string of the molecule is CN(C)S(=O)(=O)N1CCO[C@@](C)(C(N)=O)C1. The van der Waals surface area contributed by atoms with E-state index in [1.54, 1.807) is 0 Å². The summed E-state index contributed by atoms with van der Waals surface area (Å²) >= 11 is 0. The third-order valence-electron chi connectivity index (χ3n) is 2.55. The van der Waals surface area contributed by atoms with Gasteiger partial charge in [0.1, 0.15) is 0 Å². The molecule has 8 heteroatoms. The maximum atomic E-state index is 11.8. The van der Waals surface area contributed by atoms with Crippen LogP contribution >= 0.6 is 0 Å². The number of morpholine rings is 1. The fourth-order valence-electron chi connectivity index (χ4n) is 1.41. The molecule has 1 saturated heterocycles. The van der Waals surface area contributed by atoms with Crippen molar-refractivity contribution in [3.63, 3.8) is 0 Å². The minimum absolute atomic E-state index is 0.0527. The summed E-state index contributed by atoms with van der Waals surface area (Å²) in [6.07, 6.45) is 0. The molecule has 1 atom stereocenters. The van der Waals surface area contributed by atoms with Gasteiger partial charge in [-0.05, 0) is 6.92 Å². The van der Waals surface area contributed by atoms with Crippen LogP contribution in [0.15, 0.2) is 0 Å². The number of rotatable bonds is 3. The van der Waals surface area contributed by atoms with Crippen LogP contribution in [0.25, 0.3) is 0 Å². The van der Waals surface area contributed by atoms with E-state index in [4.69, 9.17) is 10.5 Å². The van der Waals surface area contributed by atoms with E-state index in [0.717, 1.165) is 4.31 Å². The van der Waals surface area contributed by atoms with Crippen molar-refractivity contribution in [2.24, 2.45) is 5.73 Å². The van der Waals surface area contributed by atoms with Crippen molar-refractivity contribution < 1.29 is 17.9 Å². The summed E-state index contributed by atoms with van der Waals surface area (Å²) in [5.74, 6) is -0.661. The number of primary amides is 1. The zero-order chi connectivity index (χ0) is 12.6. The van der Waals surface area contributed by atoms with E-state index in [1.165, 1.54) is 25.3 Å². The second kappa shape index (κ2) is 4.28. The highest BCUT2D eigenvalue weighted by atomic mass is 32.2. The quantitative estimate of drug-likeness (QED) is 0.651. The van der Waals surface area contributed by atoms with Crippen LogP contribution < -0.4 is 5.73 Å². The van der Waals surface area contributed by atoms with Gasteiger partial charge in [0, 0.05) is 20.6 Å². The first-order chi connectivity index (χ1) is 7.20. The molecule has 1 heterocycles. The number of carbonyl (C=O) groups is 1. The second-order valence-electron chi connectivity index (χ2n) is 4.07. The minimum atomic E-state index is -3.53. The predicted molar refractivity (Wildman–Crippen MR) is 57.7 cm³/mol. The molecule has 0 aromatic rings. The molecule has 1 aliphatic rings. The van der Waals surface area contributed by atoms with E-state index in [2.05, 4.69) is 0 Å². The Bertz CT molecular complexity index is 381. The van der Waals surface area contributed by atoms with Gasteiger partial charge in [-0.3, -0.25) is 4.79 Å². The lowest BCUT2D eigenvalue weighted by molar-refractivity contribution is -0.148. The van der Waals surface area contributed by atoms with Crippen molar-refractivity contribution in [3.8, 4) is 0 Å². The van der Waals surface area contributed by atoms with Crippen LogP contribution in [0.5, 0.6) is 0 Å². The lowest BCUT2D eigenvalue weighted by Gasteiger charge is -2.38. The number of amides is 1. The van der Waals surface area contributed by atoms with Crippen LogP contribution in [0.2, 0.25) is 0 Å². The summed E-state index contributed by atoms with van der Waals surface area (Å²) in [4.78, 5) is 11.2. The van der Waals surface area contributed by atoms with Crippen LogP contribution in [0.4, 0.5) is 0 Å². The molecule has 1 aliphatic heterocycles. The normalized spacial score (nSPS) is 28.2. The molecule has 0 unspecified atom stereocenters. The molecule has 0 radical (unpaired) electrons. The highest BCUT2D eigenvalue weighted by Gasteiger charge is 2.42. The smallest absolute Gasteiger partial charge is 0.281 e. The number of nitrogens with two attached hydrogens (primary N) is 1. The maximum absolute atomic E-state index is 11.8. The second-order valence-corrected chi connectivity index (χ2v) is 6.21. The Labute approximate surface area is 95.3 Å². The van der Waals surface area contributed by atoms with E-state index in [1.807, 2.05) is 0 Å². The molecule has 0 spiro atoms. The summed E-state index contributed by atoms with van der Waals surface area (Å²) in [6, 6.07) is 0. The van der Waals surface area contributed by atoms with Crippen LogP contribution in [0.1, 0.15) is 6.92 Å². The highest BCUT2D eigenvalue weighted by Crippen LogP contribution is 2.20. The lowest BCUT2D eigenvalue weighted by Crippen LogP contribution is -2.59. The molecule has 2 N–H and O–H groups in total. The number of hydrogen-bond donors (Lipinski definition) is 1. The van der Waals surface area contributed by atoms with E-state index < -0.39 is 21.7 Å². The molecule has 7 nitrogen and oxygen atoms in total. The van der Waals surface area contributed by atoms with Crippen molar-refractivity contribution in [3.05, 3.63) is 0 Å². The number of hydrogen-bond acceptors (Lipinski definition) is 4. The average Bonchev–Trinajstić information content (AvgIpc) is 2.17. The zero-order valence-corrected chi connectivity index (χ0v) is 10.5. The van der Waals surface area contributed by atoms with Crippen LogP contribution in [-0.4, -0.2) is 62.3 Å². The lowest BCUT2D eigenvalue weighted by atomic mass is 10.1. The monoisotopic (exact) mass is 251 g/mol. The van der Waals surface area contributed by atoms with Gasteiger partial charge in [-0.2, -0.15) is 17.0 Å². The summed E-state index contributed by atoms with van der Waals surface area (Å²) in [5, 5.41) is 0. The third kappa shape index (κ3) is 2.34. The standard InChI is InChI=1S/C8H17N3O4S/c1-8(7(9)12)6-11(4-5-15-8)16(13,14)10(2)3/h4-6H2,1-3H3,(H2,9,12)/t8-/m1/s1. The minimum Gasteiger partial charge on any atom is -0.367 e. The number of carbonyl (C=O) groups excluding carboxylic acids is 1. The van der Waals surface area contributed by atoms with E-state index >= 15 is 0 Å². The van der Waals surface area contributed by atoms with Crippen molar-refractivity contribution in [2.45, 2.75) is 12.5 Å². The summed E-state index contributed by atoms with van der Waals surface area (Å²) in [7, 11) is -0.652.